The largest absolute Gasteiger partial charge is 0.445 e. The lowest BCUT2D eigenvalue weighted by molar-refractivity contribution is -0.138. The molecule has 0 radical (unpaired) electrons. The lowest BCUT2D eigenvalue weighted by Gasteiger charge is -2.03. The second kappa shape index (κ2) is 3.49. The normalized spacial score (nSPS) is 12.2. The average Bonchev–Trinajstić information content (AvgIpc) is 2.32. The van der Waals surface area contributed by atoms with Gasteiger partial charge in [0, 0.05) is 6.04 Å². The molecule has 0 fully saturated rings. The van der Waals surface area contributed by atoms with Crippen molar-refractivity contribution in [1.82, 2.24) is 10.2 Å². The van der Waals surface area contributed by atoms with Crippen LogP contribution in [0.4, 0.5) is 18.3 Å². The van der Waals surface area contributed by atoms with Crippen molar-refractivity contribution in [2.24, 2.45) is 0 Å². The monoisotopic (exact) mass is 211 g/mol. The van der Waals surface area contributed by atoms with Crippen LogP contribution in [0.5, 0.6) is 0 Å². The van der Waals surface area contributed by atoms with Crippen LogP contribution in [-0.2, 0) is 6.18 Å². The van der Waals surface area contributed by atoms with Crippen molar-refractivity contribution in [3.63, 3.8) is 0 Å². The van der Waals surface area contributed by atoms with E-state index in [0.717, 1.165) is 0 Å². The summed E-state index contributed by atoms with van der Waals surface area (Å²) in [6, 6.07) is 0.0500. The highest BCUT2D eigenvalue weighted by atomic mass is 32.1. The zero-order valence-corrected chi connectivity index (χ0v) is 7.83. The highest BCUT2D eigenvalue weighted by molar-refractivity contribution is 7.15. The fraction of sp³-hybridized carbons (Fsp3) is 0.667. The molecule has 0 amide bonds. The lowest BCUT2D eigenvalue weighted by Crippen LogP contribution is -2.08. The number of rotatable bonds is 2. The smallest absolute Gasteiger partial charge is 0.358 e. The Balaban J connectivity index is 2.75. The first kappa shape index (κ1) is 10.2. The fourth-order valence-corrected chi connectivity index (χ4v) is 1.40. The molecule has 3 nitrogen and oxygen atoms in total. The van der Waals surface area contributed by atoms with Gasteiger partial charge in [0.2, 0.25) is 10.1 Å². The molecular formula is C6H8F3N3S. The van der Waals surface area contributed by atoms with Crippen molar-refractivity contribution >= 4 is 16.5 Å². The highest BCUT2D eigenvalue weighted by Crippen LogP contribution is 2.32. The first-order valence-electron chi connectivity index (χ1n) is 3.57. The topological polar surface area (TPSA) is 37.8 Å². The van der Waals surface area contributed by atoms with Gasteiger partial charge in [-0.25, -0.2) is 0 Å². The Bertz CT molecular complexity index is 281. The predicted molar refractivity (Wildman–Crippen MR) is 43.7 cm³/mol. The molecule has 0 bridgehead atoms. The SMILES string of the molecule is CC(C)Nc1nnc(C(F)(F)F)s1. The van der Waals surface area contributed by atoms with Crippen molar-refractivity contribution in [1.29, 1.82) is 0 Å². The number of hydrogen-bond acceptors (Lipinski definition) is 4. The van der Waals surface area contributed by atoms with E-state index in [0.29, 0.717) is 11.3 Å². The zero-order valence-electron chi connectivity index (χ0n) is 7.01. The van der Waals surface area contributed by atoms with E-state index in [1.54, 1.807) is 0 Å². The van der Waals surface area contributed by atoms with Crippen LogP contribution in [0.2, 0.25) is 0 Å². The van der Waals surface area contributed by atoms with Gasteiger partial charge in [0.25, 0.3) is 0 Å². The summed E-state index contributed by atoms with van der Waals surface area (Å²) in [5, 5.41) is 8.40. The van der Waals surface area contributed by atoms with Crippen molar-refractivity contribution in [2.75, 3.05) is 5.32 Å². The highest BCUT2D eigenvalue weighted by Gasteiger charge is 2.35. The molecule has 0 aliphatic carbocycles. The van der Waals surface area contributed by atoms with Gasteiger partial charge in [-0.05, 0) is 13.8 Å². The van der Waals surface area contributed by atoms with Gasteiger partial charge in [-0.3, -0.25) is 0 Å². The molecule has 0 saturated carbocycles. The molecule has 13 heavy (non-hydrogen) atoms. The predicted octanol–water partition coefficient (Wildman–Crippen LogP) is 2.38. The number of nitrogens with zero attached hydrogens (tertiary/aromatic N) is 2. The Morgan fingerprint density at radius 1 is 1.31 bits per heavy atom. The summed E-state index contributed by atoms with van der Waals surface area (Å²) >= 11 is 0.510. The van der Waals surface area contributed by atoms with Crippen molar-refractivity contribution in [3.8, 4) is 0 Å². The van der Waals surface area contributed by atoms with Gasteiger partial charge in [-0.2, -0.15) is 13.2 Å². The molecule has 0 saturated heterocycles. The van der Waals surface area contributed by atoms with Crippen molar-refractivity contribution in [3.05, 3.63) is 5.01 Å². The third-order valence-corrected chi connectivity index (χ3v) is 1.98. The number of aromatic nitrogens is 2. The van der Waals surface area contributed by atoms with Gasteiger partial charge in [0.15, 0.2) is 0 Å². The Kier molecular flexibility index (Phi) is 2.74. The van der Waals surface area contributed by atoms with E-state index in [2.05, 4.69) is 15.5 Å². The van der Waals surface area contributed by atoms with Crippen LogP contribution >= 0.6 is 11.3 Å². The second-order valence-corrected chi connectivity index (χ2v) is 3.69. The molecule has 1 heterocycles. The molecular weight excluding hydrogens is 203 g/mol. The van der Waals surface area contributed by atoms with Crippen LogP contribution in [0.3, 0.4) is 0 Å². The number of hydrogen-bond donors (Lipinski definition) is 1. The third-order valence-electron chi connectivity index (χ3n) is 1.08. The third kappa shape index (κ3) is 2.83. The minimum Gasteiger partial charge on any atom is -0.358 e. The lowest BCUT2D eigenvalue weighted by atomic mass is 10.4. The Labute approximate surface area is 77.0 Å². The Morgan fingerprint density at radius 2 is 1.92 bits per heavy atom. The summed E-state index contributed by atoms with van der Waals surface area (Å²) in [5.41, 5.74) is 0. The number of alkyl halides is 3. The van der Waals surface area contributed by atoms with E-state index in [4.69, 9.17) is 0 Å². The van der Waals surface area contributed by atoms with E-state index in [1.165, 1.54) is 0 Å². The second-order valence-electron chi connectivity index (χ2n) is 2.71. The minimum atomic E-state index is -4.39. The maximum absolute atomic E-state index is 12.0. The van der Waals surface area contributed by atoms with Crippen LogP contribution in [0.1, 0.15) is 18.9 Å². The van der Waals surface area contributed by atoms with E-state index >= 15 is 0 Å². The van der Waals surface area contributed by atoms with Gasteiger partial charge in [0.05, 0.1) is 0 Å². The molecule has 0 aliphatic heterocycles. The molecule has 74 valence electrons. The molecule has 1 rings (SSSR count). The average molecular weight is 211 g/mol. The summed E-state index contributed by atoms with van der Waals surface area (Å²) < 4.78 is 36.1. The minimum absolute atomic E-state index is 0.0500. The van der Waals surface area contributed by atoms with E-state index in [9.17, 15) is 13.2 Å². The zero-order chi connectivity index (χ0) is 10.1. The van der Waals surface area contributed by atoms with Gasteiger partial charge in [0.1, 0.15) is 0 Å². The number of anilines is 1. The number of halogens is 3. The Morgan fingerprint density at radius 3 is 2.31 bits per heavy atom. The van der Waals surface area contributed by atoms with Crippen LogP contribution in [0.25, 0.3) is 0 Å². The number of nitrogens with one attached hydrogen (secondary N) is 1. The first-order valence-corrected chi connectivity index (χ1v) is 4.38. The summed E-state index contributed by atoms with van der Waals surface area (Å²) in [6.07, 6.45) is -4.39. The maximum Gasteiger partial charge on any atom is 0.445 e. The molecule has 7 heteroatoms. The van der Waals surface area contributed by atoms with Crippen molar-refractivity contribution in [2.45, 2.75) is 26.1 Å². The van der Waals surface area contributed by atoms with E-state index in [-0.39, 0.29) is 11.2 Å². The Hall–Kier alpha value is -0.850. The van der Waals surface area contributed by atoms with Crippen molar-refractivity contribution < 1.29 is 13.2 Å². The molecule has 1 N–H and O–H groups in total. The molecule has 1 aromatic heterocycles. The van der Waals surface area contributed by atoms with Crippen LogP contribution in [0.15, 0.2) is 0 Å². The van der Waals surface area contributed by atoms with Crippen LogP contribution in [0, 0.1) is 0 Å². The molecule has 0 spiro atoms. The van der Waals surface area contributed by atoms with Crippen LogP contribution < -0.4 is 5.32 Å². The quantitative estimate of drug-likeness (QED) is 0.816. The molecule has 1 aromatic rings. The summed E-state index contributed by atoms with van der Waals surface area (Å²) in [6.45, 7) is 3.63. The molecule has 0 aliphatic rings. The first-order chi connectivity index (χ1) is 5.89. The molecule has 0 aromatic carbocycles. The van der Waals surface area contributed by atoms with E-state index < -0.39 is 11.2 Å². The van der Waals surface area contributed by atoms with Gasteiger partial charge >= 0.3 is 6.18 Å². The maximum atomic E-state index is 12.0. The van der Waals surface area contributed by atoms with Gasteiger partial charge in [-0.1, -0.05) is 11.3 Å². The molecule has 0 unspecified atom stereocenters. The summed E-state index contributed by atoms with van der Waals surface area (Å²) in [4.78, 5) is 0. The summed E-state index contributed by atoms with van der Waals surface area (Å²) in [5.74, 6) is 0. The fourth-order valence-electron chi connectivity index (χ4n) is 0.643. The van der Waals surface area contributed by atoms with Gasteiger partial charge in [-0.15, -0.1) is 10.2 Å². The van der Waals surface area contributed by atoms with Gasteiger partial charge < -0.3 is 5.32 Å². The summed E-state index contributed by atoms with van der Waals surface area (Å²) in [7, 11) is 0. The van der Waals surface area contributed by atoms with E-state index in [1.807, 2.05) is 13.8 Å². The standard InChI is InChI=1S/C6H8F3N3S/c1-3(2)10-5-12-11-4(13-5)6(7,8)9/h3H,1-2H3,(H,10,12). The molecule has 0 atom stereocenters. The van der Waals surface area contributed by atoms with Crippen LogP contribution in [-0.4, -0.2) is 16.2 Å².